The van der Waals surface area contributed by atoms with Gasteiger partial charge in [-0.3, -0.25) is 9.59 Å². The average molecular weight is 427 g/mol. The maximum atomic E-state index is 13.7. The summed E-state index contributed by atoms with van der Waals surface area (Å²) in [5.74, 6) is -0.328. The van der Waals surface area contributed by atoms with Crippen molar-refractivity contribution in [2.75, 3.05) is 17.3 Å². The number of hydrogen-bond acceptors (Lipinski definition) is 4. The van der Waals surface area contributed by atoms with E-state index in [1.807, 2.05) is 64.1 Å². The molecule has 3 aromatic rings. The van der Waals surface area contributed by atoms with Gasteiger partial charge in [-0.1, -0.05) is 42.5 Å². The Kier molecular flexibility index (Phi) is 5.57. The first-order valence-corrected chi connectivity index (χ1v) is 10.5. The topological polar surface area (TPSA) is 58.6 Å². The van der Waals surface area contributed by atoms with E-state index in [4.69, 9.17) is 4.74 Å². The van der Waals surface area contributed by atoms with E-state index < -0.39 is 5.91 Å². The molecule has 1 heterocycles. The zero-order valence-electron chi connectivity index (χ0n) is 18.9. The molecule has 1 N–H and O–H groups in total. The van der Waals surface area contributed by atoms with Crippen molar-refractivity contribution >= 4 is 28.8 Å². The lowest BCUT2D eigenvalue weighted by Crippen LogP contribution is -2.32. The lowest BCUT2D eigenvalue weighted by Gasteiger charge is -2.18. The van der Waals surface area contributed by atoms with Crippen molar-refractivity contribution in [3.63, 3.8) is 0 Å². The number of ether oxygens (including phenoxy) is 1. The predicted molar refractivity (Wildman–Crippen MR) is 128 cm³/mol. The molecule has 0 atom stereocenters. The normalized spacial score (nSPS) is 13.7. The van der Waals surface area contributed by atoms with Crippen LogP contribution in [-0.4, -0.2) is 18.9 Å². The summed E-state index contributed by atoms with van der Waals surface area (Å²) in [6.45, 7) is 8.02. The van der Waals surface area contributed by atoms with Crippen LogP contribution in [0.4, 0.5) is 11.4 Å². The van der Waals surface area contributed by atoms with Crippen molar-refractivity contribution in [2.45, 2.75) is 27.7 Å². The summed E-state index contributed by atoms with van der Waals surface area (Å²) in [5, 5.41) is 3.28. The van der Waals surface area contributed by atoms with E-state index in [-0.39, 0.29) is 11.6 Å². The highest BCUT2D eigenvalue weighted by atomic mass is 16.5. The van der Waals surface area contributed by atoms with Gasteiger partial charge >= 0.3 is 0 Å². The number of aryl methyl sites for hydroxylation is 3. The van der Waals surface area contributed by atoms with Crippen molar-refractivity contribution in [3.05, 3.63) is 94.2 Å². The number of para-hydroxylation sites is 2. The SMILES string of the molecule is COc1ccccc1N1C(=O)C(Nc2cccc(C)c2C)=C(c2ccc(C)c(C)c2)C1=O. The second-order valence-corrected chi connectivity index (χ2v) is 8.04. The smallest absolute Gasteiger partial charge is 0.282 e. The highest BCUT2D eigenvalue weighted by molar-refractivity contribution is 6.46. The van der Waals surface area contributed by atoms with Gasteiger partial charge < -0.3 is 10.1 Å². The van der Waals surface area contributed by atoms with Crippen molar-refractivity contribution < 1.29 is 14.3 Å². The van der Waals surface area contributed by atoms with Crippen LogP contribution in [0.2, 0.25) is 0 Å². The average Bonchev–Trinajstić information content (AvgIpc) is 3.02. The van der Waals surface area contributed by atoms with Gasteiger partial charge in [0.1, 0.15) is 11.4 Å². The third kappa shape index (κ3) is 3.56. The number of benzene rings is 3. The van der Waals surface area contributed by atoms with Crippen LogP contribution in [0.15, 0.2) is 66.4 Å². The van der Waals surface area contributed by atoms with E-state index in [2.05, 4.69) is 5.32 Å². The number of rotatable bonds is 5. The van der Waals surface area contributed by atoms with E-state index in [0.717, 1.165) is 27.9 Å². The second-order valence-electron chi connectivity index (χ2n) is 8.04. The van der Waals surface area contributed by atoms with Crippen LogP contribution < -0.4 is 15.0 Å². The first kappa shape index (κ1) is 21.4. The molecule has 162 valence electrons. The summed E-state index contributed by atoms with van der Waals surface area (Å²) in [7, 11) is 1.52. The summed E-state index contributed by atoms with van der Waals surface area (Å²) in [6, 6.07) is 18.7. The molecule has 3 aromatic carbocycles. The summed E-state index contributed by atoms with van der Waals surface area (Å²) >= 11 is 0. The first-order chi connectivity index (χ1) is 15.3. The van der Waals surface area contributed by atoms with Crippen LogP contribution in [0.1, 0.15) is 27.8 Å². The Bertz CT molecular complexity index is 1270. The molecule has 0 spiro atoms. The van der Waals surface area contributed by atoms with Crippen LogP contribution in [0, 0.1) is 27.7 Å². The fourth-order valence-corrected chi connectivity index (χ4v) is 3.86. The zero-order chi connectivity index (χ0) is 23.0. The molecule has 32 heavy (non-hydrogen) atoms. The number of nitrogens with one attached hydrogen (secondary N) is 1. The molecule has 0 aromatic heterocycles. The van der Waals surface area contributed by atoms with E-state index >= 15 is 0 Å². The van der Waals surface area contributed by atoms with E-state index in [1.165, 1.54) is 12.0 Å². The Balaban J connectivity index is 1.89. The standard InChI is InChI=1S/C27H26N2O3/c1-16-13-14-20(15-18(16)3)24-25(28-21-10-8-9-17(2)19(21)4)27(31)29(26(24)30)22-11-6-7-12-23(22)32-5/h6-15,28H,1-5H3. The van der Waals surface area contributed by atoms with Gasteiger partial charge in [0.25, 0.3) is 11.8 Å². The number of hydrogen-bond donors (Lipinski definition) is 1. The number of methoxy groups -OCH3 is 1. The monoisotopic (exact) mass is 426 g/mol. The number of anilines is 2. The molecule has 5 heteroatoms. The summed E-state index contributed by atoms with van der Waals surface area (Å²) < 4.78 is 5.43. The molecule has 4 rings (SSSR count). The van der Waals surface area contributed by atoms with E-state index in [1.54, 1.807) is 24.3 Å². The van der Waals surface area contributed by atoms with Crippen molar-refractivity contribution in [2.24, 2.45) is 0 Å². The molecule has 2 amide bonds. The largest absolute Gasteiger partial charge is 0.495 e. The third-order valence-corrected chi connectivity index (χ3v) is 6.07. The summed E-state index contributed by atoms with van der Waals surface area (Å²) in [6.07, 6.45) is 0. The Hall–Kier alpha value is -3.86. The first-order valence-electron chi connectivity index (χ1n) is 10.5. The zero-order valence-corrected chi connectivity index (χ0v) is 18.9. The highest BCUT2D eigenvalue weighted by Crippen LogP contribution is 2.38. The summed E-state index contributed by atoms with van der Waals surface area (Å²) in [5.41, 5.74) is 6.83. The molecule has 0 unspecified atom stereocenters. The fourth-order valence-electron chi connectivity index (χ4n) is 3.86. The highest BCUT2D eigenvalue weighted by Gasteiger charge is 2.41. The van der Waals surface area contributed by atoms with Gasteiger partial charge in [-0.15, -0.1) is 0 Å². The van der Waals surface area contributed by atoms with E-state index in [9.17, 15) is 9.59 Å². The third-order valence-electron chi connectivity index (χ3n) is 6.07. The number of imide groups is 1. The fraction of sp³-hybridized carbons (Fsp3) is 0.185. The van der Waals surface area contributed by atoms with Gasteiger partial charge in [-0.2, -0.15) is 0 Å². The van der Waals surface area contributed by atoms with Gasteiger partial charge in [-0.25, -0.2) is 4.90 Å². The number of amides is 2. The molecule has 0 saturated heterocycles. The molecule has 1 aliphatic heterocycles. The van der Waals surface area contributed by atoms with Crippen LogP contribution in [0.3, 0.4) is 0 Å². The molecule has 0 fully saturated rings. The van der Waals surface area contributed by atoms with Crippen molar-refractivity contribution in [3.8, 4) is 5.75 Å². The maximum Gasteiger partial charge on any atom is 0.282 e. The Labute approximate surface area is 188 Å². The van der Waals surface area contributed by atoms with Crippen LogP contribution in [0.5, 0.6) is 5.75 Å². The van der Waals surface area contributed by atoms with Gasteiger partial charge in [0, 0.05) is 5.69 Å². The van der Waals surface area contributed by atoms with Crippen LogP contribution in [-0.2, 0) is 9.59 Å². The molecule has 0 aliphatic carbocycles. The van der Waals surface area contributed by atoms with Crippen molar-refractivity contribution in [1.29, 1.82) is 0 Å². The van der Waals surface area contributed by atoms with Crippen molar-refractivity contribution in [1.82, 2.24) is 0 Å². The summed E-state index contributed by atoms with van der Waals surface area (Å²) in [4.78, 5) is 28.5. The molecule has 0 saturated carbocycles. The van der Waals surface area contributed by atoms with Crippen LogP contribution >= 0.6 is 0 Å². The number of carbonyl (C=O) groups excluding carboxylic acids is 2. The van der Waals surface area contributed by atoms with Gasteiger partial charge in [0.15, 0.2) is 0 Å². The van der Waals surface area contributed by atoms with Crippen LogP contribution in [0.25, 0.3) is 5.57 Å². The lowest BCUT2D eigenvalue weighted by molar-refractivity contribution is -0.120. The Morgan fingerprint density at radius 1 is 0.781 bits per heavy atom. The Morgan fingerprint density at radius 3 is 2.25 bits per heavy atom. The molecule has 5 nitrogen and oxygen atoms in total. The minimum atomic E-state index is -0.409. The molecule has 0 radical (unpaired) electrons. The van der Waals surface area contributed by atoms with Gasteiger partial charge in [0.2, 0.25) is 0 Å². The number of nitrogens with zero attached hydrogens (tertiary/aromatic N) is 1. The minimum Gasteiger partial charge on any atom is -0.495 e. The minimum absolute atomic E-state index is 0.262. The van der Waals surface area contributed by atoms with E-state index in [0.29, 0.717) is 22.6 Å². The Morgan fingerprint density at radius 2 is 1.53 bits per heavy atom. The second kappa shape index (κ2) is 8.35. The number of carbonyl (C=O) groups is 2. The molecule has 1 aliphatic rings. The molecule has 0 bridgehead atoms. The molecular formula is C27H26N2O3. The van der Waals surface area contributed by atoms with Gasteiger partial charge in [-0.05, 0) is 73.7 Å². The predicted octanol–water partition coefficient (Wildman–Crippen LogP) is 5.33. The molecular weight excluding hydrogens is 400 g/mol. The lowest BCUT2D eigenvalue weighted by atomic mass is 9.99. The quantitative estimate of drug-likeness (QED) is 0.561. The maximum absolute atomic E-state index is 13.7. The van der Waals surface area contributed by atoms with Gasteiger partial charge in [0.05, 0.1) is 18.4 Å².